The lowest BCUT2D eigenvalue weighted by Crippen LogP contribution is -2.49. The summed E-state index contributed by atoms with van der Waals surface area (Å²) < 4.78 is 25.1. The second-order valence-electron chi connectivity index (χ2n) is 4.75. The highest BCUT2D eigenvalue weighted by Crippen LogP contribution is 2.16. The van der Waals surface area contributed by atoms with Crippen molar-refractivity contribution in [3.63, 3.8) is 0 Å². The van der Waals surface area contributed by atoms with E-state index in [1.807, 2.05) is 12.1 Å². The fourth-order valence-electron chi connectivity index (χ4n) is 2.26. The fourth-order valence-corrected chi connectivity index (χ4v) is 3.35. The van der Waals surface area contributed by atoms with Gasteiger partial charge in [0, 0.05) is 31.9 Å². The van der Waals surface area contributed by atoms with Gasteiger partial charge in [0.15, 0.2) is 0 Å². The van der Waals surface area contributed by atoms with E-state index in [4.69, 9.17) is 10.0 Å². The van der Waals surface area contributed by atoms with E-state index in [9.17, 15) is 8.42 Å². The maximum atomic E-state index is 11.8. The number of benzene rings is 1. The summed E-state index contributed by atoms with van der Waals surface area (Å²) in [5.74, 6) is 0.135. The van der Waals surface area contributed by atoms with Crippen molar-refractivity contribution in [2.75, 3.05) is 36.8 Å². The molecule has 0 saturated carbocycles. The number of sulfonamides is 1. The lowest BCUT2D eigenvalue weighted by Gasteiger charge is -2.35. The molecule has 8 heteroatoms. The molecule has 0 radical (unpaired) electrons. The van der Waals surface area contributed by atoms with Gasteiger partial charge in [-0.2, -0.15) is 4.31 Å². The molecule has 6 nitrogen and oxygen atoms in total. The van der Waals surface area contributed by atoms with E-state index in [0.29, 0.717) is 31.6 Å². The summed E-state index contributed by atoms with van der Waals surface area (Å²) in [7, 11) is -4.57. The van der Waals surface area contributed by atoms with Gasteiger partial charge in [0.2, 0.25) is 10.0 Å². The molecular weight excluding hydrogens is 279 g/mol. The number of anilines is 1. The Kier molecular flexibility index (Phi) is 4.69. The Balaban J connectivity index is 2.00. The van der Waals surface area contributed by atoms with Crippen LogP contribution in [0.3, 0.4) is 0 Å². The van der Waals surface area contributed by atoms with Gasteiger partial charge in [0.1, 0.15) is 0 Å². The first-order valence-electron chi connectivity index (χ1n) is 6.63. The van der Waals surface area contributed by atoms with Crippen LogP contribution in [-0.2, 0) is 10.0 Å². The SMILES string of the molecule is CCS(=O)(=O)N1CCN(c2ccc(B(O)O)cc2)CC1. The molecule has 1 saturated heterocycles. The average molecular weight is 298 g/mol. The quantitative estimate of drug-likeness (QED) is 0.685. The molecular formula is C12H19BN2O4S. The van der Waals surface area contributed by atoms with Gasteiger partial charge in [0.05, 0.1) is 5.75 Å². The van der Waals surface area contributed by atoms with Gasteiger partial charge in [-0.1, -0.05) is 12.1 Å². The van der Waals surface area contributed by atoms with E-state index in [1.165, 1.54) is 4.31 Å². The summed E-state index contributed by atoms with van der Waals surface area (Å²) in [4.78, 5) is 2.09. The molecule has 0 atom stereocenters. The topological polar surface area (TPSA) is 81.1 Å². The van der Waals surface area contributed by atoms with Crippen LogP contribution >= 0.6 is 0 Å². The first-order valence-corrected chi connectivity index (χ1v) is 8.24. The Labute approximate surface area is 119 Å². The smallest absolute Gasteiger partial charge is 0.423 e. The molecule has 1 aromatic rings. The van der Waals surface area contributed by atoms with Gasteiger partial charge in [-0.25, -0.2) is 8.42 Å². The van der Waals surface area contributed by atoms with Crippen molar-refractivity contribution in [3.8, 4) is 0 Å². The van der Waals surface area contributed by atoms with Gasteiger partial charge in [-0.05, 0) is 24.5 Å². The molecule has 2 rings (SSSR count). The predicted molar refractivity (Wildman–Crippen MR) is 79.5 cm³/mol. The largest absolute Gasteiger partial charge is 0.488 e. The van der Waals surface area contributed by atoms with Crippen molar-refractivity contribution in [3.05, 3.63) is 24.3 Å². The van der Waals surface area contributed by atoms with Crippen LogP contribution in [0.5, 0.6) is 0 Å². The van der Waals surface area contributed by atoms with Crippen LogP contribution in [0.1, 0.15) is 6.92 Å². The molecule has 1 aromatic carbocycles. The Hall–Kier alpha value is -1.09. The zero-order chi connectivity index (χ0) is 14.8. The van der Waals surface area contributed by atoms with Gasteiger partial charge in [0.25, 0.3) is 0 Å². The summed E-state index contributed by atoms with van der Waals surface area (Å²) in [5.41, 5.74) is 1.41. The van der Waals surface area contributed by atoms with Crippen LogP contribution in [0, 0.1) is 0 Å². The summed E-state index contributed by atoms with van der Waals surface area (Å²) in [6.07, 6.45) is 0. The molecule has 1 heterocycles. The lowest BCUT2D eigenvalue weighted by atomic mass is 9.80. The number of piperazine rings is 1. The van der Waals surface area contributed by atoms with Crippen molar-refractivity contribution in [1.29, 1.82) is 0 Å². The van der Waals surface area contributed by atoms with Crippen LogP contribution in [0.4, 0.5) is 5.69 Å². The molecule has 2 N–H and O–H groups in total. The second kappa shape index (κ2) is 6.13. The van der Waals surface area contributed by atoms with E-state index in [2.05, 4.69) is 4.90 Å². The summed E-state index contributed by atoms with van der Waals surface area (Å²) >= 11 is 0. The van der Waals surface area contributed by atoms with Crippen molar-refractivity contribution in [2.24, 2.45) is 0 Å². The summed E-state index contributed by atoms with van der Waals surface area (Å²) in [6.45, 7) is 3.91. The van der Waals surface area contributed by atoms with E-state index in [-0.39, 0.29) is 5.75 Å². The highest BCUT2D eigenvalue weighted by molar-refractivity contribution is 7.89. The van der Waals surface area contributed by atoms with Gasteiger partial charge in [-0.15, -0.1) is 0 Å². The Bertz CT molecular complexity index is 539. The van der Waals surface area contributed by atoms with Crippen LogP contribution < -0.4 is 10.4 Å². The Morgan fingerprint density at radius 1 is 1.10 bits per heavy atom. The molecule has 0 aliphatic carbocycles. The summed E-state index contributed by atoms with van der Waals surface area (Å²) in [6, 6.07) is 6.96. The molecule has 0 spiro atoms. The normalized spacial score (nSPS) is 17.2. The van der Waals surface area contributed by atoms with Gasteiger partial charge in [-0.3, -0.25) is 0 Å². The first kappa shape index (κ1) is 15.3. The van der Waals surface area contributed by atoms with Crippen molar-refractivity contribution in [1.82, 2.24) is 4.31 Å². The molecule has 1 aliphatic heterocycles. The van der Waals surface area contributed by atoms with Crippen LogP contribution in [0.25, 0.3) is 0 Å². The monoisotopic (exact) mass is 298 g/mol. The van der Waals surface area contributed by atoms with Crippen molar-refractivity contribution in [2.45, 2.75) is 6.92 Å². The Morgan fingerprint density at radius 3 is 2.10 bits per heavy atom. The minimum Gasteiger partial charge on any atom is -0.423 e. The third-order valence-corrected chi connectivity index (χ3v) is 5.43. The minimum absolute atomic E-state index is 0.135. The molecule has 110 valence electrons. The third kappa shape index (κ3) is 3.32. The Morgan fingerprint density at radius 2 is 1.65 bits per heavy atom. The number of nitrogens with zero attached hydrogens (tertiary/aromatic N) is 2. The van der Waals surface area contributed by atoms with E-state index in [0.717, 1.165) is 5.69 Å². The van der Waals surface area contributed by atoms with Crippen molar-refractivity contribution < 1.29 is 18.5 Å². The van der Waals surface area contributed by atoms with E-state index in [1.54, 1.807) is 19.1 Å². The number of hydrogen-bond acceptors (Lipinski definition) is 5. The molecule has 1 aliphatic rings. The molecule has 20 heavy (non-hydrogen) atoms. The standard InChI is InChI=1S/C12H19BN2O4S/c1-2-20(18,19)15-9-7-14(8-10-15)12-5-3-11(4-6-12)13(16)17/h3-6,16-17H,2,7-10H2,1H3. The maximum absolute atomic E-state index is 11.8. The molecule has 0 aromatic heterocycles. The molecule has 1 fully saturated rings. The van der Waals surface area contributed by atoms with Crippen LogP contribution in [-0.4, -0.2) is 61.8 Å². The minimum atomic E-state index is -3.10. The number of rotatable bonds is 4. The third-order valence-electron chi connectivity index (χ3n) is 3.55. The van der Waals surface area contributed by atoms with Gasteiger partial charge < -0.3 is 14.9 Å². The first-order chi connectivity index (χ1) is 9.44. The van der Waals surface area contributed by atoms with Crippen LogP contribution in [0.15, 0.2) is 24.3 Å². The molecule has 0 unspecified atom stereocenters. The maximum Gasteiger partial charge on any atom is 0.488 e. The predicted octanol–water partition coefficient (Wildman–Crippen LogP) is -1.16. The zero-order valence-corrected chi connectivity index (χ0v) is 12.3. The van der Waals surface area contributed by atoms with E-state index >= 15 is 0 Å². The average Bonchev–Trinajstić information content (AvgIpc) is 2.47. The van der Waals surface area contributed by atoms with Crippen LogP contribution in [0.2, 0.25) is 0 Å². The zero-order valence-electron chi connectivity index (χ0n) is 11.4. The summed E-state index contributed by atoms with van der Waals surface area (Å²) in [5, 5.41) is 18.1. The highest BCUT2D eigenvalue weighted by Gasteiger charge is 2.25. The van der Waals surface area contributed by atoms with Crippen molar-refractivity contribution >= 4 is 28.3 Å². The highest BCUT2D eigenvalue weighted by atomic mass is 32.2. The van der Waals surface area contributed by atoms with E-state index < -0.39 is 17.1 Å². The lowest BCUT2D eigenvalue weighted by molar-refractivity contribution is 0.385. The number of hydrogen-bond donors (Lipinski definition) is 2. The van der Waals surface area contributed by atoms with Gasteiger partial charge >= 0.3 is 7.12 Å². The second-order valence-corrected chi connectivity index (χ2v) is 7.01. The molecule has 0 bridgehead atoms. The molecule has 0 amide bonds. The fraction of sp³-hybridized carbons (Fsp3) is 0.500.